The first kappa shape index (κ1) is 16.8. The highest BCUT2D eigenvalue weighted by atomic mass is 79.9. The third-order valence-corrected chi connectivity index (χ3v) is 3.30. The van der Waals surface area contributed by atoms with E-state index in [0.29, 0.717) is 16.0 Å². The molecule has 0 fully saturated rings. The number of nitrogens with one attached hydrogen (secondary N) is 1. The molecule has 0 unspecified atom stereocenters. The summed E-state index contributed by atoms with van der Waals surface area (Å²) in [4.78, 5) is 23.9. The van der Waals surface area contributed by atoms with Crippen molar-refractivity contribution in [3.63, 3.8) is 0 Å². The van der Waals surface area contributed by atoms with Gasteiger partial charge in [0.15, 0.2) is 10.4 Å². The molecule has 0 spiro atoms. The topological polar surface area (TPSA) is 77.8 Å². The zero-order chi connectivity index (χ0) is 16.8. The fourth-order valence-corrected chi connectivity index (χ4v) is 2.05. The first-order valence-corrected chi connectivity index (χ1v) is 7.33. The minimum Gasteiger partial charge on any atom is -0.497 e. The molecule has 120 valence electrons. The Hall–Kier alpha value is -2.54. The lowest BCUT2D eigenvalue weighted by Gasteiger charge is -2.07. The van der Waals surface area contributed by atoms with Crippen LogP contribution in [0.2, 0.25) is 0 Å². The van der Waals surface area contributed by atoms with Crippen molar-refractivity contribution < 1.29 is 23.5 Å². The molecular formula is C16H14BrNO5. The van der Waals surface area contributed by atoms with Gasteiger partial charge in [0.2, 0.25) is 0 Å². The van der Waals surface area contributed by atoms with E-state index in [1.807, 2.05) is 0 Å². The van der Waals surface area contributed by atoms with Gasteiger partial charge in [-0.25, -0.2) is 4.79 Å². The SMILES string of the molecule is COC(=O)/C(=C/c1ccc(OC)cc1)NC(=O)c1ccc(Br)o1. The maximum atomic E-state index is 12.1. The lowest BCUT2D eigenvalue weighted by molar-refractivity contribution is -0.136. The van der Waals surface area contributed by atoms with Crippen LogP contribution >= 0.6 is 15.9 Å². The minimum atomic E-state index is -0.667. The second-order valence-electron chi connectivity index (χ2n) is 4.38. The number of furan rings is 1. The first-order chi connectivity index (χ1) is 11.0. The highest BCUT2D eigenvalue weighted by molar-refractivity contribution is 9.10. The van der Waals surface area contributed by atoms with Crippen LogP contribution in [0.15, 0.2) is 51.2 Å². The Labute approximate surface area is 141 Å². The number of amides is 1. The molecule has 1 aromatic heterocycles. The van der Waals surface area contributed by atoms with Crippen LogP contribution in [0.25, 0.3) is 6.08 Å². The third-order valence-electron chi connectivity index (χ3n) is 2.88. The number of ether oxygens (including phenoxy) is 2. The quantitative estimate of drug-likeness (QED) is 0.638. The predicted molar refractivity (Wildman–Crippen MR) is 86.9 cm³/mol. The van der Waals surface area contributed by atoms with E-state index >= 15 is 0 Å². The van der Waals surface area contributed by atoms with Gasteiger partial charge < -0.3 is 19.2 Å². The molecule has 23 heavy (non-hydrogen) atoms. The fraction of sp³-hybridized carbons (Fsp3) is 0.125. The van der Waals surface area contributed by atoms with Crippen molar-refractivity contribution in [3.05, 3.63) is 58.1 Å². The van der Waals surface area contributed by atoms with Crippen molar-refractivity contribution in [3.8, 4) is 5.75 Å². The molecule has 0 radical (unpaired) electrons. The Morgan fingerprint density at radius 1 is 1.13 bits per heavy atom. The summed E-state index contributed by atoms with van der Waals surface area (Å²) >= 11 is 3.11. The molecule has 0 aliphatic heterocycles. The van der Waals surface area contributed by atoms with Crippen LogP contribution in [0.3, 0.4) is 0 Å². The molecule has 0 atom stereocenters. The van der Waals surface area contributed by atoms with Crippen molar-refractivity contribution in [2.45, 2.75) is 0 Å². The normalized spacial score (nSPS) is 11.0. The highest BCUT2D eigenvalue weighted by Gasteiger charge is 2.17. The standard InChI is InChI=1S/C16H14BrNO5/c1-21-11-5-3-10(4-6-11)9-12(16(20)22-2)18-15(19)13-7-8-14(17)23-13/h3-9H,1-2H3,(H,18,19)/b12-9-. The van der Waals surface area contributed by atoms with Gasteiger partial charge in [-0.1, -0.05) is 12.1 Å². The van der Waals surface area contributed by atoms with Crippen LogP contribution < -0.4 is 10.1 Å². The molecule has 6 nitrogen and oxygen atoms in total. The molecule has 1 heterocycles. The van der Waals surface area contributed by atoms with Gasteiger partial charge in [-0.2, -0.15) is 0 Å². The smallest absolute Gasteiger partial charge is 0.354 e. The van der Waals surface area contributed by atoms with Gasteiger partial charge in [0.05, 0.1) is 14.2 Å². The van der Waals surface area contributed by atoms with Crippen LogP contribution in [0.1, 0.15) is 16.1 Å². The van der Waals surface area contributed by atoms with Gasteiger partial charge in [-0.15, -0.1) is 0 Å². The van der Waals surface area contributed by atoms with E-state index in [0.717, 1.165) is 0 Å². The monoisotopic (exact) mass is 379 g/mol. The van der Waals surface area contributed by atoms with E-state index < -0.39 is 11.9 Å². The predicted octanol–water partition coefficient (Wildman–Crippen LogP) is 2.99. The van der Waals surface area contributed by atoms with E-state index in [2.05, 4.69) is 26.0 Å². The van der Waals surface area contributed by atoms with Gasteiger partial charge in [0, 0.05) is 0 Å². The molecule has 1 amide bonds. The molecule has 0 saturated heterocycles. The Morgan fingerprint density at radius 2 is 1.83 bits per heavy atom. The Bertz CT molecular complexity index is 733. The van der Waals surface area contributed by atoms with Gasteiger partial charge in [-0.3, -0.25) is 4.79 Å². The summed E-state index contributed by atoms with van der Waals surface area (Å²) in [6.07, 6.45) is 1.50. The fourth-order valence-electron chi connectivity index (χ4n) is 1.74. The van der Waals surface area contributed by atoms with Crippen molar-refractivity contribution in [1.29, 1.82) is 0 Å². The summed E-state index contributed by atoms with van der Waals surface area (Å²) in [6.45, 7) is 0. The number of hydrogen-bond acceptors (Lipinski definition) is 5. The van der Waals surface area contributed by atoms with Crippen LogP contribution in [-0.2, 0) is 9.53 Å². The molecule has 1 aromatic carbocycles. The average Bonchev–Trinajstić information content (AvgIpc) is 3.00. The van der Waals surface area contributed by atoms with Crippen molar-refractivity contribution in [2.24, 2.45) is 0 Å². The molecule has 0 aliphatic carbocycles. The number of methoxy groups -OCH3 is 2. The maximum Gasteiger partial charge on any atom is 0.354 e. The molecule has 1 N–H and O–H groups in total. The number of carbonyl (C=O) groups excluding carboxylic acids is 2. The molecule has 0 aliphatic rings. The number of hydrogen-bond donors (Lipinski definition) is 1. The van der Waals surface area contributed by atoms with E-state index in [1.54, 1.807) is 37.4 Å². The van der Waals surface area contributed by atoms with E-state index in [4.69, 9.17) is 9.15 Å². The first-order valence-electron chi connectivity index (χ1n) is 6.54. The van der Waals surface area contributed by atoms with E-state index in [9.17, 15) is 9.59 Å². The minimum absolute atomic E-state index is 0.00445. The Morgan fingerprint density at radius 3 is 2.35 bits per heavy atom. The Balaban J connectivity index is 2.23. The summed E-state index contributed by atoms with van der Waals surface area (Å²) in [6, 6.07) is 10.1. The molecule has 7 heteroatoms. The second-order valence-corrected chi connectivity index (χ2v) is 5.16. The van der Waals surface area contributed by atoms with E-state index in [-0.39, 0.29) is 11.5 Å². The summed E-state index contributed by atoms with van der Waals surface area (Å²) in [7, 11) is 2.80. The summed E-state index contributed by atoms with van der Waals surface area (Å²) < 4.78 is 15.3. The summed E-state index contributed by atoms with van der Waals surface area (Å²) in [5.41, 5.74) is 0.697. The van der Waals surface area contributed by atoms with Crippen molar-refractivity contribution >= 4 is 33.9 Å². The van der Waals surface area contributed by atoms with Gasteiger partial charge in [0.1, 0.15) is 11.4 Å². The molecule has 2 aromatic rings. The third kappa shape index (κ3) is 4.46. The lowest BCUT2D eigenvalue weighted by atomic mass is 10.2. The molecule has 0 saturated carbocycles. The van der Waals surface area contributed by atoms with Crippen LogP contribution in [0.4, 0.5) is 0 Å². The maximum absolute atomic E-state index is 12.1. The van der Waals surface area contributed by atoms with Crippen LogP contribution in [0.5, 0.6) is 5.75 Å². The largest absolute Gasteiger partial charge is 0.497 e. The summed E-state index contributed by atoms with van der Waals surface area (Å²) in [5.74, 6) is -0.465. The molecule has 0 bridgehead atoms. The molecular weight excluding hydrogens is 366 g/mol. The van der Waals surface area contributed by atoms with Crippen molar-refractivity contribution in [1.82, 2.24) is 5.32 Å². The van der Waals surface area contributed by atoms with E-state index in [1.165, 1.54) is 19.3 Å². The average molecular weight is 380 g/mol. The number of carbonyl (C=O) groups is 2. The summed E-state index contributed by atoms with van der Waals surface area (Å²) in [5, 5.41) is 2.48. The lowest BCUT2D eigenvalue weighted by Crippen LogP contribution is -2.27. The van der Waals surface area contributed by atoms with Gasteiger partial charge in [0.25, 0.3) is 5.91 Å². The van der Waals surface area contributed by atoms with Gasteiger partial charge >= 0.3 is 5.97 Å². The van der Waals surface area contributed by atoms with Gasteiger partial charge in [-0.05, 0) is 51.8 Å². The number of esters is 1. The van der Waals surface area contributed by atoms with Crippen LogP contribution in [-0.4, -0.2) is 26.1 Å². The highest BCUT2D eigenvalue weighted by Crippen LogP contribution is 2.16. The van der Waals surface area contributed by atoms with Crippen LogP contribution in [0, 0.1) is 0 Å². The van der Waals surface area contributed by atoms with Crippen molar-refractivity contribution in [2.75, 3.05) is 14.2 Å². The number of benzene rings is 1. The zero-order valence-corrected chi connectivity index (χ0v) is 14.0. The molecule has 2 rings (SSSR count). The zero-order valence-electron chi connectivity index (χ0n) is 12.5. The Kier molecular flexibility index (Phi) is 5.59. The number of halogens is 1. The second kappa shape index (κ2) is 7.64. The number of rotatable bonds is 5.